The Morgan fingerprint density at radius 2 is 1.83 bits per heavy atom. The van der Waals surface area contributed by atoms with Crippen LogP contribution in [-0.4, -0.2) is 39.7 Å². The summed E-state index contributed by atoms with van der Waals surface area (Å²) in [5, 5.41) is 2.94. The van der Waals surface area contributed by atoms with Crippen molar-refractivity contribution < 1.29 is 23.8 Å². The molecular formula is C22H26N2O5. The van der Waals surface area contributed by atoms with Gasteiger partial charge in [-0.3, -0.25) is 9.59 Å². The number of aryl methyl sites for hydroxylation is 1. The van der Waals surface area contributed by atoms with E-state index in [0.717, 1.165) is 12.0 Å². The van der Waals surface area contributed by atoms with E-state index in [4.69, 9.17) is 14.2 Å². The molecule has 2 aromatic carbocycles. The molecule has 1 saturated heterocycles. The number of benzene rings is 2. The minimum Gasteiger partial charge on any atom is -0.497 e. The highest BCUT2D eigenvalue weighted by Crippen LogP contribution is 2.33. The highest BCUT2D eigenvalue weighted by molar-refractivity contribution is 6.02. The second-order valence-corrected chi connectivity index (χ2v) is 6.77. The molecule has 1 aliphatic heterocycles. The number of hydrogen-bond donors (Lipinski definition) is 1. The van der Waals surface area contributed by atoms with E-state index in [1.165, 1.54) is 0 Å². The Morgan fingerprint density at radius 3 is 2.48 bits per heavy atom. The Labute approximate surface area is 170 Å². The van der Waals surface area contributed by atoms with Crippen LogP contribution in [-0.2, 0) is 16.0 Å². The van der Waals surface area contributed by atoms with E-state index in [2.05, 4.69) is 5.32 Å². The molecule has 1 fully saturated rings. The predicted octanol–water partition coefficient (Wildman–Crippen LogP) is 3.41. The fourth-order valence-electron chi connectivity index (χ4n) is 3.39. The van der Waals surface area contributed by atoms with Crippen molar-refractivity contribution >= 4 is 23.2 Å². The number of nitrogens with one attached hydrogen (secondary N) is 1. The number of ether oxygens (including phenoxy) is 3. The first-order valence-corrected chi connectivity index (χ1v) is 9.55. The summed E-state index contributed by atoms with van der Waals surface area (Å²) in [5.41, 5.74) is 2.25. The third-order valence-corrected chi connectivity index (χ3v) is 4.93. The summed E-state index contributed by atoms with van der Waals surface area (Å²) in [7, 11) is 4.73. The molecular weight excluding hydrogens is 372 g/mol. The van der Waals surface area contributed by atoms with Gasteiger partial charge in [0.1, 0.15) is 5.75 Å². The van der Waals surface area contributed by atoms with Crippen LogP contribution in [0.3, 0.4) is 0 Å². The predicted molar refractivity (Wildman–Crippen MR) is 111 cm³/mol. The molecule has 0 spiro atoms. The summed E-state index contributed by atoms with van der Waals surface area (Å²) < 4.78 is 15.8. The van der Waals surface area contributed by atoms with Crippen molar-refractivity contribution in [2.24, 2.45) is 0 Å². The molecule has 1 N–H and O–H groups in total. The highest BCUT2D eigenvalue weighted by atomic mass is 16.5. The average Bonchev–Trinajstić information content (AvgIpc) is 3.17. The van der Waals surface area contributed by atoms with Gasteiger partial charge in [-0.2, -0.15) is 0 Å². The Morgan fingerprint density at radius 1 is 1.03 bits per heavy atom. The first kappa shape index (κ1) is 20.5. The van der Waals surface area contributed by atoms with Gasteiger partial charge in [0.15, 0.2) is 11.5 Å². The summed E-state index contributed by atoms with van der Waals surface area (Å²) in [4.78, 5) is 26.5. The maximum atomic E-state index is 12.6. The third-order valence-electron chi connectivity index (χ3n) is 4.93. The van der Waals surface area contributed by atoms with Gasteiger partial charge in [0, 0.05) is 25.5 Å². The summed E-state index contributed by atoms with van der Waals surface area (Å²) in [6.45, 7) is 0.652. The monoisotopic (exact) mass is 398 g/mol. The Kier molecular flexibility index (Phi) is 6.59. The molecule has 0 bridgehead atoms. The van der Waals surface area contributed by atoms with E-state index in [0.29, 0.717) is 54.4 Å². The molecule has 7 nitrogen and oxygen atoms in total. The standard InChI is InChI=1S/C22H26N2O5/c1-27-16-8-9-18(24-12-4-5-22(24)26)17(14-16)23-21(25)11-7-15-6-10-19(28-2)20(13-15)29-3/h6,8-10,13-14H,4-5,7,11-12H2,1-3H3,(H,23,25). The van der Waals surface area contributed by atoms with Gasteiger partial charge in [0.2, 0.25) is 11.8 Å². The van der Waals surface area contributed by atoms with Crippen molar-refractivity contribution in [1.82, 2.24) is 0 Å². The van der Waals surface area contributed by atoms with E-state index in [9.17, 15) is 9.59 Å². The summed E-state index contributed by atoms with van der Waals surface area (Å²) in [5.74, 6) is 1.83. The Balaban J connectivity index is 1.71. The molecule has 0 aliphatic carbocycles. The summed E-state index contributed by atoms with van der Waals surface area (Å²) >= 11 is 0. The second-order valence-electron chi connectivity index (χ2n) is 6.77. The fourth-order valence-corrected chi connectivity index (χ4v) is 3.39. The normalized spacial score (nSPS) is 13.3. The van der Waals surface area contributed by atoms with Gasteiger partial charge in [-0.1, -0.05) is 6.07 Å². The first-order chi connectivity index (χ1) is 14.0. The third kappa shape index (κ3) is 4.80. The topological polar surface area (TPSA) is 77.1 Å². The van der Waals surface area contributed by atoms with Gasteiger partial charge in [-0.25, -0.2) is 0 Å². The quantitative estimate of drug-likeness (QED) is 0.737. The van der Waals surface area contributed by atoms with Gasteiger partial charge in [-0.05, 0) is 42.7 Å². The molecule has 7 heteroatoms. The molecule has 0 atom stereocenters. The molecule has 0 saturated carbocycles. The average molecular weight is 398 g/mol. The molecule has 0 unspecified atom stereocenters. The van der Waals surface area contributed by atoms with Crippen molar-refractivity contribution in [3.63, 3.8) is 0 Å². The molecule has 2 aromatic rings. The molecule has 154 valence electrons. The highest BCUT2D eigenvalue weighted by Gasteiger charge is 2.24. The van der Waals surface area contributed by atoms with Gasteiger partial charge in [-0.15, -0.1) is 0 Å². The molecule has 29 heavy (non-hydrogen) atoms. The number of hydrogen-bond acceptors (Lipinski definition) is 5. The zero-order valence-corrected chi connectivity index (χ0v) is 17.0. The summed E-state index contributed by atoms with van der Waals surface area (Å²) in [6, 6.07) is 11.0. The van der Waals surface area contributed by atoms with Crippen molar-refractivity contribution in [2.75, 3.05) is 38.1 Å². The fraction of sp³-hybridized carbons (Fsp3) is 0.364. The number of nitrogens with zero attached hydrogens (tertiary/aromatic N) is 1. The van der Waals surface area contributed by atoms with Crippen LogP contribution in [0.4, 0.5) is 11.4 Å². The molecule has 1 heterocycles. The number of carbonyl (C=O) groups excluding carboxylic acids is 2. The second kappa shape index (κ2) is 9.32. The van der Waals surface area contributed by atoms with Crippen LogP contribution in [0.1, 0.15) is 24.8 Å². The number of amides is 2. The number of carbonyl (C=O) groups is 2. The zero-order chi connectivity index (χ0) is 20.8. The van der Waals surface area contributed by atoms with Crippen LogP contribution in [0.15, 0.2) is 36.4 Å². The SMILES string of the molecule is COc1ccc(N2CCCC2=O)c(NC(=O)CCc2ccc(OC)c(OC)c2)c1. The van der Waals surface area contributed by atoms with Crippen LogP contribution in [0.25, 0.3) is 0 Å². The lowest BCUT2D eigenvalue weighted by atomic mass is 10.1. The Bertz CT molecular complexity index is 897. The molecule has 2 amide bonds. The van der Waals surface area contributed by atoms with Gasteiger partial charge in [0.05, 0.1) is 32.7 Å². The lowest BCUT2D eigenvalue weighted by Gasteiger charge is -2.21. The van der Waals surface area contributed by atoms with E-state index >= 15 is 0 Å². The molecule has 0 radical (unpaired) electrons. The summed E-state index contributed by atoms with van der Waals surface area (Å²) in [6.07, 6.45) is 2.19. The lowest BCUT2D eigenvalue weighted by Crippen LogP contribution is -2.25. The van der Waals surface area contributed by atoms with Crippen LogP contribution >= 0.6 is 0 Å². The van der Waals surface area contributed by atoms with E-state index < -0.39 is 0 Å². The minimum atomic E-state index is -0.138. The van der Waals surface area contributed by atoms with Crippen LogP contribution in [0, 0.1) is 0 Å². The van der Waals surface area contributed by atoms with Crippen LogP contribution < -0.4 is 24.4 Å². The Hall–Kier alpha value is -3.22. The van der Waals surface area contributed by atoms with Gasteiger partial charge < -0.3 is 24.4 Å². The maximum absolute atomic E-state index is 12.6. The smallest absolute Gasteiger partial charge is 0.227 e. The van der Waals surface area contributed by atoms with Crippen molar-refractivity contribution in [2.45, 2.75) is 25.7 Å². The number of anilines is 2. The minimum absolute atomic E-state index is 0.0657. The van der Waals surface area contributed by atoms with E-state index in [1.807, 2.05) is 24.3 Å². The van der Waals surface area contributed by atoms with Gasteiger partial charge in [0.25, 0.3) is 0 Å². The van der Waals surface area contributed by atoms with E-state index in [-0.39, 0.29) is 11.8 Å². The van der Waals surface area contributed by atoms with Crippen molar-refractivity contribution in [3.8, 4) is 17.2 Å². The maximum Gasteiger partial charge on any atom is 0.227 e. The number of methoxy groups -OCH3 is 3. The van der Waals surface area contributed by atoms with E-state index in [1.54, 1.807) is 38.4 Å². The number of rotatable bonds is 8. The largest absolute Gasteiger partial charge is 0.497 e. The molecule has 0 aromatic heterocycles. The van der Waals surface area contributed by atoms with Crippen LogP contribution in [0.2, 0.25) is 0 Å². The molecule has 3 rings (SSSR count). The van der Waals surface area contributed by atoms with Gasteiger partial charge >= 0.3 is 0 Å². The van der Waals surface area contributed by atoms with Crippen LogP contribution in [0.5, 0.6) is 17.2 Å². The van der Waals surface area contributed by atoms with Crippen molar-refractivity contribution in [3.05, 3.63) is 42.0 Å². The van der Waals surface area contributed by atoms with Crippen molar-refractivity contribution in [1.29, 1.82) is 0 Å². The molecule has 1 aliphatic rings. The first-order valence-electron chi connectivity index (χ1n) is 9.55. The lowest BCUT2D eigenvalue weighted by molar-refractivity contribution is -0.117. The zero-order valence-electron chi connectivity index (χ0n) is 17.0.